The van der Waals surface area contributed by atoms with E-state index in [9.17, 15) is 4.79 Å². The van der Waals surface area contributed by atoms with Gasteiger partial charge in [-0.3, -0.25) is 14.4 Å². The Kier molecular flexibility index (Phi) is 4.73. The SMILES string of the molecule is CCOC[C@H]1CCC2(CCN(C(=O)c3ccnn3C)CC2)N1C. The lowest BCUT2D eigenvalue weighted by atomic mass is 9.85. The minimum Gasteiger partial charge on any atom is -0.380 e. The first-order valence-corrected chi connectivity index (χ1v) is 8.65. The average Bonchev–Trinajstić information content (AvgIpc) is 3.11. The van der Waals surface area contributed by atoms with Crippen LogP contribution in [0.3, 0.4) is 0 Å². The van der Waals surface area contributed by atoms with Crippen molar-refractivity contribution in [1.82, 2.24) is 19.6 Å². The molecule has 1 atom stereocenters. The quantitative estimate of drug-likeness (QED) is 0.844. The first-order chi connectivity index (χ1) is 11.1. The molecular formula is C17H28N4O2. The molecule has 0 radical (unpaired) electrons. The molecule has 23 heavy (non-hydrogen) atoms. The number of ether oxygens (including phenoxy) is 1. The zero-order valence-electron chi connectivity index (χ0n) is 14.5. The van der Waals surface area contributed by atoms with Crippen LogP contribution in [0.4, 0.5) is 0 Å². The van der Waals surface area contributed by atoms with E-state index in [0.29, 0.717) is 11.7 Å². The summed E-state index contributed by atoms with van der Waals surface area (Å²) in [5.74, 6) is 0.103. The van der Waals surface area contributed by atoms with Gasteiger partial charge in [-0.2, -0.15) is 5.10 Å². The van der Waals surface area contributed by atoms with Gasteiger partial charge in [0.25, 0.3) is 5.91 Å². The minimum atomic E-state index is 0.103. The van der Waals surface area contributed by atoms with Crippen LogP contribution >= 0.6 is 0 Å². The van der Waals surface area contributed by atoms with Gasteiger partial charge in [0.2, 0.25) is 0 Å². The molecule has 6 nitrogen and oxygen atoms in total. The van der Waals surface area contributed by atoms with Crippen LogP contribution in [0.2, 0.25) is 0 Å². The summed E-state index contributed by atoms with van der Waals surface area (Å²) in [5.41, 5.74) is 0.931. The number of hydrogen-bond donors (Lipinski definition) is 0. The molecule has 1 aromatic rings. The summed E-state index contributed by atoms with van der Waals surface area (Å²) in [6, 6.07) is 2.32. The zero-order chi connectivity index (χ0) is 16.4. The first-order valence-electron chi connectivity index (χ1n) is 8.65. The van der Waals surface area contributed by atoms with Gasteiger partial charge in [0, 0.05) is 44.5 Å². The summed E-state index contributed by atoms with van der Waals surface area (Å²) in [7, 11) is 4.05. The lowest BCUT2D eigenvalue weighted by molar-refractivity contribution is 0.0207. The number of aromatic nitrogens is 2. The number of piperidine rings is 1. The van der Waals surface area contributed by atoms with Crippen molar-refractivity contribution in [3.8, 4) is 0 Å². The summed E-state index contributed by atoms with van der Waals surface area (Å²) in [6.07, 6.45) is 6.20. The molecule has 0 aromatic carbocycles. The summed E-state index contributed by atoms with van der Waals surface area (Å²) in [4.78, 5) is 17.1. The van der Waals surface area contributed by atoms with Gasteiger partial charge in [0.05, 0.1) is 6.61 Å². The fourth-order valence-electron chi connectivity index (χ4n) is 4.12. The summed E-state index contributed by atoms with van der Waals surface area (Å²) in [5, 5.41) is 4.10. The molecule has 3 rings (SSSR count). The topological polar surface area (TPSA) is 50.6 Å². The Hall–Kier alpha value is -1.40. The van der Waals surface area contributed by atoms with Crippen LogP contribution in [-0.4, -0.2) is 70.4 Å². The van der Waals surface area contributed by atoms with Gasteiger partial charge in [-0.15, -0.1) is 0 Å². The maximum atomic E-state index is 12.6. The van der Waals surface area contributed by atoms with Crippen LogP contribution in [-0.2, 0) is 11.8 Å². The summed E-state index contributed by atoms with van der Waals surface area (Å²) >= 11 is 0. The molecule has 2 saturated heterocycles. The number of carbonyl (C=O) groups excluding carboxylic acids is 1. The van der Waals surface area contributed by atoms with Crippen molar-refractivity contribution >= 4 is 5.91 Å². The van der Waals surface area contributed by atoms with Gasteiger partial charge in [0.1, 0.15) is 5.69 Å². The molecule has 128 valence electrons. The third-order valence-corrected chi connectivity index (χ3v) is 5.77. The predicted molar refractivity (Wildman–Crippen MR) is 88.4 cm³/mol. The van der Waals surface area contributed by atoms with E-state index in [4.69, 9.17) is 4.74 Å². The molecular weight excluding hydrogens is 292 g/mol. The third-order valence-electron chi connectivity index (χ3n) is 5.77. The standard InChI is InChI=1S/C17H28N4O2/c1-4-23-13-14-5-7-17(19(14)2)8-11-21(12-9-17)16(22)15-6-10-18-20(15)3/h6,10,14H,4-5,7-9,11-13H2,1-3H3/t14-/m1/s1. The van der Waals surface area contributed by atoms with Crippen molar-refractivity contribution in [1.29, 1.82) is 0 Å². The zero-order valence-corrected chi connectivity index (χ0v) is 14.5. The maximum Gasteiger partial charge on any atom is 0.272 e. The highest BCUT2D eigenvalue weighted by atomic mass is 16.5. The number of amides is 1. The molecule has 6 heteroatoms. The number of hydrogen-bond acceptors (Lipinski definition) is 4. The molecule has 0 aliphatic carbocycles. The number of carbonyl (C=O) groups is 1. The van der Waals surface area contributed by atoms with Gasteiger partial charge in [0.15, 0.2) is 0 Å². The van der Waals surface area contributed by atoms with Gasteiger partial charge in [-0.05, 0) is 45.7 Å². The van der Waals surface area contributed by atoms with Crippen molar-refractivity contribution in [3.63, 3.8) is 0 Å². The van der Waals surface area contributed by atoms with E-state index in [1.54, 1.807) is 16.9 Å². The highest BCUT2D eigenvalue weighted by Crippen LogP contribution is 2.40. The Morgan fingerprint density at radius 1 is 1.35 bits per heavy atom. The fraction of sp³-hybridized carbons (Fsp3) is 0.765. The lowest BCUT2D eigenvalue weighted by Gasteiger charge is -2.45. The second kappa shape index (κ2) is 6.61. The van der Waals surface area contributed by atoms with Gasteiger partial charge >= 0.3 is 0 Å². The van der Waals surface area contributed by atoms with E-state index < -0.39 is 0 Å². The molecule has 2 aliphatic rings. The van der Waals surface area contributed by atoms with E-state index in [1.807, 2.05) is 18.9 Å². The number of likely N-dealkylation sites (N-methyl/N-ethyl adjacent to an activating group) is 1. The van der Waals surface area contributed by atoms with Crippen molar-refractivity contribution in [2.75, 3.05) is 33.4 Å². The van der Waals surface area contributed by atoms with Gasteiger partial charge in [-0.25, -0.2) is 0 Å². The molecule has 0 N–H and O–H groups in total. The molecule has 1 spiro atoms. The van der Waals surface area contributed by atoms with Crippen LogP contribution in [0, 0.1) is 0 Å². The molecule has 0 unspecified atom stereocenters. The molecule has 1 amide bonds. The Bertz CT molecular complexity index is 549. The van der Waals surface area contributed by atoms with Crippen LogP contribution in [0.15, 0.2) is 12.3 Å². The van der Waals surface area contributed by atoms with E-state index in [-0.39, 0.29) is 11.4 Å². The third kappa shape index (κ3) is 3.02. The molecule has 0 saturated carbocycles. The number of rotatable bonds is 4. The van der Waals surface area contributed by atoms with Crippen LogP contribution < -0.4 is 0 Å². The Morgan fingerprint density at radius 3 is 2.70 bits per heavy atom. The molecule has 2 fully saturated rings. The second-order valence-corrected chi connectivity index (χ2v) is 6.82. The van der Waals surface area contributed by atoms with Crippen molar-refractivity contribution in [3.05, 3.63) is 18.0 Å². The number of nitrogens with zero attached hydrogens (tertiary/aromatic N) is 4. The monoisotopic (exact) mass is 320 g/mol. The van der Waals surface area contributed by atoms with E-state index in [2.05, 4.69) is 17.0 Å². The Labute approximate surface area is 138 Å². The first kappa shape index (κ1) is 16.5. The van der Waals surface area contributed by atoms with Crippen LogP contribution in [0.25, 0.3) is 0 Å². The van der Waals surface area contributed by atoms with Crippen molar-refractivity contribution < 1.29 is 9.53 Å². The predicted octanol–water partition coefficient (Wildman–Crippen LogP) is 1.53. The van der Waals surface area contributed by atoms with Gasteiger partial charge < -0.3 is 9.64 Å². The molecule has 2 aliphatic heterocycles. The lowest BCUT2D eigenvalue weighted by Crippen LogP contribution is -2.54. The highest BCUT2D eigenvalue weighted by Gasteiger charge is 2.46. The number of likely N-dealkylation sites (tertiary alicyclic amines) is 2. The Balaban J connectivity index is 1.60. The van der Waals surface area contributed by atoms with E-state index in [0.717, 1.165) is 39.1 Å². The van der Waals surface area contributed by atoms with Crippen LogP contribution in [0.1, 0.15) is 43.1 Å². The summed E-state index contributed by atoms with van der Waals surface area (Å²) < 4.78 is 7.29. The van der Waals surface area contributed by atoms with Gasteiger partial charge in [-0.1, -0.05) is 0 Å². The average molecular weight is 320 g/mol. The molecule has 1 aromatic heterocycles. The fourth-order valence-corrected chi connectivity index (χ4v) is 4.12. The van der Waals surface area contributed by atoms with E-state index >= 15 is 0 Å². The molecule has 0 bridgehead atoms. The second-order valence-electron chi connectivity index (χ2n) is 6.82. The maximum absolute atomic E-state index is 12.6. The smallest absolute Gasteiger partial charge is 0.272 e. The van der Waals surface area contributed by atoms with Crippen molar-refractivity contribution in [2.45, 2.75) is 44.2 Å². The van der Waals surface area contributed by atoms with Crippen molar-refractivity contribution in [2.24, 2.45) is 7.05 Å². The molecule has 3 heterocycles. The van der Waals surface area contributed by atoms with Crippen LogP contribution in [0.5, 0.6) is 0 Å². The minimum absolute atomic E-state index is 0.103. The summed E-state index contributed by atoms with van der Waals surface area (Å²) in [6.45, 7) is 5.31. The largest absolute Gasteiger partial charge is 0.380 e. The highest BCUT2D eigenvalue weighted by molar-refractivity contribution is 5.92. The normalized spacial score (nSPS) is 24.5. The number of aryl methyl sites for hydroxylation is 1. The van der Waals surface area contributed by atoms with E-state index in [1.165, 1.54) is 12.8 Å². The Morgan fingerprint density at radius 2 is 2.09 bits per heavy atom.